The molecule has 1 saturated heterocycles. The monoisotopic (exact) mass is 396 g/mol. The average molecular weight is 397 g/mol. The van der Waals surface area contributed by atoms with Gasteiger partial charge in [0.2, 0.25) is 0 Å². The van der Waals surface area contributed by atoms with Crippen molar-refractivity contribution in [3.05, 3.63) is 64.8 Å². The van der Waals surface area contributed by atoms with E-state index in [2.05, 4.69) is 10.3 Å². The molecular weight excluding hydrogens is 376 g/mol. The van der Waals surface area contributed by atoms with E-state index in [-0.39, 0.29) is 11.9 Å². The summed E-state index contributed by atoms with van der Waals surface area (Å²) in [5.41, 5.74) is 3.28. The van der Waals surface area contributed by atoms with Gasteiger partial charge < -0.3 is 20.1 Å². The smallest absolute Gasteiger partial charge is 0.321 e. The van der Waals surface area contributed by atoms with Crippen molar-refractivity contribution in [2.45, 2.75) is 6.92 Å². The fraction of sp³-hybridized carbons (Fsp3) is 0.238. The lowest BCUT2D eigenvalue weighted by atomic mass is 10.2. The molecule has 1 aliphatic heterocycles. The minimum atomic E-state index is -0.141. The molecule has 3 amide bonds. The van der Waals surface area contributed by atoms with Crippen LogP contribution in [0.5, 0.6) is 0 Å². The van der Waals surface area contributed by atoms with Crippen LogP contribution in [0.15, 0.2) is 48.5 Å². The van der Waals surface area contributed by atoms with Crippen molar-refractivity contribution in [2.24, 2.45) is 0 Å². The number of carbonyl (C=O) groups excluding carboxylic acids is 2. The predicted octanol–water partition coefficient (Wildman–Crippen LogP) is 4.12. The number of nitrogens with one attached hydrogen (secondary N) is 2. The van der Waals surface area contributed by atoms with Crippen molar-refractivity contribution in [1.82, 2.24) is 14.8 Å². The third-order valence-corrected chi connectivity index (χ3v) is 5.17. The number of urea groups is 1. The number of carbonyl (C=O) groups is 2. The van der Waals surface area contributed by atoms with Gasteiger partial charge in [0.25, 0.3) is 5.91 Å². The van der Waals surface area contributed by atoms with Gasteiger partial charge in [-0.2, -0.15) is 0 Å². The van der Waals surface area contributed by atoms with Crippen molar-refractivity contribution in [3.63, 3.8) is 0 Å². The van der Waals surface area contributed by atoms with Gasteiger partial charge >= 0.3 is 6.03 Å². The molecule has 1 fully saturated rings. The van der Waals surface area contributed by atoms with Crippen LogP contribution >= 0.6 is 11.6 Å². The summed E-state index contributed by atoms with van der Waals surface area (Å²) in [4.78, 5) is 31.9. The van der Waals surface area contributed by atoms with Crippen LogP contribution in [0, 0.1) is 6.92 Å². The highest BCUT2D eigenvalue weighted by Crippen LogP contribution is 2.21. The predicted molar refractivity (Wildman–Crippen MR) is 111 cm³/mol. The maximum atomic E-state index is 12.8. The van der Waals surface area contributed by atoms with Crippen molar-refractivity contribution in [2.75, 3.05) is 31.5 Å². The Labute approximate surface area is 168 Å². The standard InChI is InChI=1S/C21H21ClN4O2/c1-14-3-2-4-17(11-14)23-21(28)26-9-7-25(8-10-26)20(27)19-13-15-12-16(22)5-6-18(15)24-19/h2-6,11-13,24H,7-10H2,1H3,(H,23,28). The highest BCUT2D eigenvalue weighted by atomic mass is 35.5. The highest BCUT2D eigenvalue weighted by molar-refractivity contribution is 6.31. The number of hydrogen-bond donors (Lipinski definition) is 2. The Morgan fingerprint density at radius 1 is 1.00 bits per heavy atom. The summed E-state index contributed by atoms with van der Waals surface area (Å²) in [5.74, 6) is -0.0638. The summed E-state index contributed by atoms with van der Waals surface area (Å²) < 4.78 is 0. The molecule has 0 spiro atoms. The normalized spacial score (nSPS) is 14.4. The number of aromatic nitrogens is 1. The van der Waals surface area contributed by atoms with E-state index in [1.165, 1.54) is 0 Å². The van der Waals surface area contributed by atoms with Crippen LogP contribution in [0.25, 0.3) is 10.9 Å². The third kappa shape index (κ3) is 3.82. The molecule has 2 heterocycles. The van der Waals surface area contributed by atoms with Crippen LogP contribution < -0.4 is 5.32 Å². The number of H-pyrrole nitrogens is 1. The van der Waals surface area contributed by atoms with E-state index in [1.807, 2.05) is 49.4 Å². The van der Waals surface area contributed by atoms with Gasteiger partial charge in [0.1, 0.15) is 5.69 Å². The van der Waals surface area contributed by atoms with Crippen molar-refractivity contribution >= 4 is 40.1 Å². The van der Waals surface area contributed by atoms with Crippen LogP contribution in [0.1, 0.15) is 16.1 Å². The summed E-state index contributed by atoms with van der Waals surface area (Å²) in [6, 6.07) is 14.9. The van der Waals surface area contributed by atoms with Gasteiger partial charge in [-0.05, 0) is 48.9 Å². The Balaban J connectivity index is 1.37. The molecule has 0 bridgehead atoms. The molecule has 0 radical (unpaired) electrons. The summed E-state index contributed by atoms with van der Waals surface area (Å²) >= 11 is 6.02. The number of halogens is 1. The minimum Gasteiger partial charge on any atom is -0.351 e. The first-order valence-corrected chi connectivity index (χ1v) is 9.57. The average Bonchev–Trinajstić information content (AvgIpc) is 3.10. The molecule has 0 atom stereocenters. The van der Waals surface area contributed by atoms with E-state index >= 15 is 0 Å². The zero-order valence-electron chi connectivity index (χ0n) is 15.5. The van der Waals surface area contributed by atoms with E-state index < -0.39 is 0 Å². The van der Waals surface area contributed by atoms with Gasteiger partial charge in [0.05, 0.1) is 0 Å². The first-order chi connectivity index (χ1) is 13.5. The number of aryl methyl sites for hydroxylation is 1. The van der Waals surface area contributed by atoms with Gasteiger partial charge in [-0.1, -0.05) is 23.7 Å². The van der Waals surface area contributed by atoms with Crippen molar-refractivity contribution in [3.8, 4) is 0 Å². The Morgan fingerprint density at radius 2 is 1.75 bits per heavy atom. The first-order valence-electron chi connectivity index (χ1n) is 9.20. The second-order valence-electron chi connectivity index (χ2n) is 6.99. The number of hydrogen-bond acceptors (Lipinski definition) is 2. The molecule has 2 N–H and O–H groups in total. The Kier molecular flexibility index (Phi) is 4.96. The van der Waals surface area contributed by atoms with Crippen LogP contribution in [0.2, 0.25) is 5.02 Å². The largest absolute Gasteiger partial charge is 0.351 e. The summed E-state index contributed by atoms with van der Waals surface area (Å²) in [7, 11) is 0. The highest BCUT2D eigenvalue weighted by Gasteiger charge is 2.25. The Bertz CT molecular complexity index is 1040. The van der Waals surface area contributed by atoms with Crippen LogP contribution in [-0.4, -0.2) is 52.9 Å². The maximum Gasteiger partial charge on any atom is 0.321 e. The molecule has 0 saturated carbocycles. The number of aromatic amines is 1. The van der Waals surface area contributed by atoms with Crippen LogP contribution in [-0.2, 0) is 0 Å². The molecule has 28 heavy (non-hydrogen) atoms. The van der Waals surface area contributed by atoms with E-state index in [9.17, 15) is 9.59 Å². The molecule has 6 nitrogen and oxygen atoms in total. The van der Waals surface area contributed by atoms with E-state index in [0.717, 1.165) is 22.2 Å². The van der Waals surface area contributed by atoms with E-state index in [4.69, 9.17) is 11.6 Å². The molecular formula is C21H21ClN4O2. The fourth-order valence-corrected chi connectivity index (χ4v) is 3.61. The van der Waals surface area contributed by atoms with Crippen molar-refractivity contribution in [1.29, 1.82) is 0 Å². The lowest BCUT2D eigenvalue weighted by Gasteiger charge is -2.34. The SMILES string of the molecule is Cc1cccc(NC(=O)N2CCN(C(=O)c3cc4cc(Cl)ccc4[nH]3)CC2)c1. The molecule has 1 aromatic heterocycles. The van der Waals surface area contributed by atoms with Gasteiger partial charge in [0, 0.05) is 47.8 Å². The Hall–Kier alpha value is -2.99. The second-order valence-corrected chi connectivity index (χ2v) is 7.43. The zero-order valence-corrected chi connectivity index (χ0v) is 16.3. The summed E-state index contributed by atoms with van der Waals surface area (Å²) in [6.45, 7) is 3.97. The van der Waals surface area contributed by atoms with E-state index in [0.29, 0.717) is 36.9 Å². The maximum absolute atomic E-state index is 12.8. The van der Waals surface area contributed by atoms with Gasteiger partial charge in [-0.15, -0.1) is 0 Å². The van der Waals surface area contributed by atoms with Crippen LogP contribution in [0.3, 0.4) is 0 Å². The fourth-order valence-electron chi connectivity index (χ4n) is 3.43. The molecule has 144 valence electrons. The topological polar surface area (TPSA) is 68.4 Å². The molecule has 2 aromatic carbocycles. The second kappa shape index (κ2) is 7.56. The summed E-state index contributed by atoms with van der Waals surface area (Å²) in [5, 5.41) is 4.46. The molecule has 7 heteroatoms. The number of anilines is 1. The lowest BCUT2D eigenvalue weighted by molar-refractivity contribution is 0.0667. The van der Waals surface area contributed by atoms with Gasteiger partial charge in [0.15, 0.2) is 0 Å². The van der Waals surface area contributed by atoms with E-state index in [1.54, 1.807) is 15.9 Å². The quantitative estimate of drug-likeness (QED) is 0.684. The van der Waals surface area contributed by atoms with Gasteiger partial charge in [-0.3, -0.25) is 4.79 Å². The first kappa shape index (κ1) is 18.4. The number of fused-ring (bicyclic) bond motifs is 1. The number of rotatable bonds is 2. The van der Waals surface area contributed by atoms with Gasteiger partial charge in [-0.25, -0.2) is 4.79 Å². The third-order valence-electron chi connectivity index (χ3n) is 4.94. The number of benzene rings is 2. The molecule has 0 aliphatic carbocycles. The molecule has 4 rings (SSSR count). The number of amides is 3. The number of piperazine rings is 1. The molecule has 1 aliphatic rings. The number of nitrogens with zero attached hydrogens (tertiary/aromatic N) is 2. The lowest BCUT2D eigenvalue weighted by Crippen LogP contribution is -2.51. The zero-order chi connectivity index (χ0) is 19.7. The van der Waals surface area contributed by atoms with Crippen LogP contribution in [0.4, 0.5) is 10.5 Å². The summed E-state index contributed by atoms with van der Waals surface area (Å²) in [6.07, 6.45) is 0. The molecule has 3 aromatic rings. The molecule has 0 unspecified atom stereocenters. The Morgan fingerprint density at radius 3 is 2.50 bits per heavy atom. The minimum absolute atomic E-state index is 0.0638. The van der Waals surface area contributed by atoms with Crippen molar-refractivity contribution < 1.29 is 9.59 Å².